The summed E-state index contributed by atoms with van der Waals surface area (Å²) in [4.78, 5) is 11.2. The number of esters is 1. The maximum atomic E-state index is 11.2. The van der Waals surface area contributed by atoms with Gasteiger partial charge in [-0.1, -0.05) is 0 Å². The lowest BCUT2D eigenvalue weighted by molar-refractivity contribution is -0.292. The fourth-order valence-corrected chi connectivity index (χ4v) is 1.39. The van der Waals surface area contributed by atoms with Gasteiger partial charge in [0.1, 0.15) is 30.5 Å². The molecule has 1 aliphatic heterocycles. The van der Waals surface area contributed by atoms with Crippen LogP contribution in [0.4, 0.5) is 0 Å². The molecule has 8 nitrogen and oxygen atoms in total. The quantitative estimate of drug-likeness (QED) is 0.328. The van der Waals surface area contributed by atoms with E-state index in [1.54, 1.807) is 0 Å². The summed E-state index contributed by atoms with van der Waals surface area (Å²) in [5, 5.41) is 37.3. The van der Waals surface area contributed by atoms with Crippen LogP contribution in [0.15, 0.2) is 0 Å². The van der Waals surface area contributed by atoms with E-state index < -0.39 is 49.3 Å². The van der Waals surface area contributed by atoms with Crippen molar-refractivity contribution < 1.29 is 34.7 Å². The molecule has 6 atom stereocenters. The highest BCUT2D eigenvalue weighted by atomic mass is 16.7. The SMILES string of the molecule is C[C@H](N)C(=O)O[C@@H]1O[C@H](CO)[C@@H](O)[C@H](O)[C@H]1O. The number of rotatable bonds is 3. The molecule has 0 aromatic carbocycles. The summed E-state index contributed by atoms with van der Waals surface area (Å²) in [5.41, 5.74) is 5.25. The first-order valence-electron chi connectivity index (χ1n) is 5.15. The van der Waals surface area contributed by atoms with Gasteiger partial charge < -0.3 is 35.6 Å². The van der Waals surface area contributed by atoms with Gasteiger partial charge in [-0.2, -0.15) is 0 Å². The molecule has 0 saturated carbocycles. The van der Waals surface area contributed by atoms with Crippen molar-refractivity contribution in [2.45, 2.75) is 43.7 Å². The second-order valence-electron chi connectivity index (χ2n) is 3.92. The van der Waals surface area contributed by atoms with E-state index in [1.165, 1.54) is 6.92 Å². The zero-order chi connectivity index (χ0) is 13.2. The number of nitrogens with two attached hydrogens (primary N) is 1. The van der Waals surface area contributed by atoms with E-state index >= 15 is 0 Å². The average molecular weight is 251 g/mol. The highest BCUT2D eigenvalue weighted by Crippen LogP contribution is 2.22. The normalized spacial score (nSPS) is 39.8. The minimum Gasteiger partial charge on any atom is -0.432 e. The van der Waals surface area contributed by atoms with Gasteiger partial charge in [-0.3, -0.25) is 4.79 Å². The van der Waals surface area contributed by atoms with Crippen molar-refractivity contribution in [3.63, 3.8) is 0 Å². The molecular formula is C9H17NO7. The summed E-state index contributed by atoms with van der Waals surface area (Å²) in [6, 6.07) is -0.914. The molecule has 0 bridgehead atoms. The van der Waals surface area contributed by atoms with Gasteiger partial charge in [-0.15, -0.1) is 0 Å². The molecule has 1 saturated heterocycles. The minimum atomic E-state index is -1.60. The van der Waals surface area contributed by atoms with Crippen LogP contribution in [-0.4, -0.2) is 69.8 Å². The third-order valence-electron chi connectivity index (χ3n) is 2.45. The first-order chi connectivity index (χ1) is 7.88. The minimum absolute atomic E-state index is 0.586. The van der Waals surface area contributed by atoms with Crippen LogP contribution < -0.4 is 5.73 Å². The monoisotopic (exact) mass is 251 g/mol. The van der Waals surface area contributed by atoms with Crippen molar-refractivity contribution in [1.82, 2.24) is 0 Å². The summed E-state index contributed by atoms with van der Waals surface area (Å²) in [6.07, 6.45) is -7.24. The van der Waals surface area contributed by atoms with Crippen LogP contribution in [0.5, 0.6) is 0 Å². The Hall–Kier alpha value is -0.770. The van der Waals surface area contributed by atoms with Crippen molar-refractivity contribution in [3.05, 3.63) is 0 Å². The molecule has 0 radical (unpaired) electrons. The fourth-order valence-electron chi connectivity index (χ4n) is 1.39. The molecule has 1 heterocycles. The predicted octanol–water partition coefficient (Wildman–Crippen LogP) is -3.32. The first-order valence-corrected chi connectivity index (χ1v) is 5.15. The summed E-state index contributed by atoms with van der Waals surface area (Å²) >= 11 is 0. The van der Waals surface area contributed by atoms with Gasteiger partial charge in [0, 0.05) is 0 Å². The fraction of sp³-hybridized carbons (Fsp3) is 0.889. The Bertz CT molecular complexity index is 270. The maximum Gasteiger partial charge on any atom is 0.325 e. The molecule has 0 aromatic rings. The Morgan fingerprint density at radius 2 is 1.94 bits per heavy atom. The smallest absolute Gasteiger partial charge is 0.325 e. The predicted molar refractivity (Wildman–Crippen MR) is 53.5 cm³/mol. The number of aliphatic hydroxyl groups is 4. The zero-order valence-electron chi connectivity index (χ0n) is 9.26. The largest absolute Gasteiger partial charge is 0.432 e. The van der Waals surface area contributed by atoms with Crippen LogP contribution in [0.25, 0.3) is 0 Å². The Morgan fingerprint density at radius 1 is 1.35 bits per heavy atom. The van der Waals surface area contributed by atoms with Crippen LogP contribution in [0.3, 0.4) is 0 Å². The summed E-state index contributed by atoms with van der Waals surface area (Å²) < 4.78 is 9.64. The molecule has 100 valence electrons. The molecule has 0 unspecified atom stereocenters. The van der Waals surface area contributed by atoms with Crippen LogP contribution in [-0.2, 0) is 14.3 Å². The molecule has 0 aromatic heterocycles. The van der Waals surface area contributed by atoms with Gasteiger partial charge >= 0.3 is 5.97 Å². The number of aliphatic hydroxyl groups excluding tert-OH is 4. The van der Waals surface area contributed by atoms with Gasteiger partial charge in [0.25, 0.3) is 0 Å². The van der Waals surface area contributed by atoms with E-state index in [0.29, 0.717) is 0 Å². The van der Waals surface area contributed by atoms with Gasteiger partial charge in [0.15, 0.2) is 0 Å². The lowest BCUT2D eigenvalue weighted by Crippen LogP contribution is -2.59. The van der Waals surface area contributed by atoms with Crippen molar-refractivity contribution >= 4 is 5.97 Å². The lowest BCUT2D eigenvalue weighted by atomic mass is 9.99. The van der Waals surface area contributed by atoms with E-state index in [4.69, 9.17) is 20.3 Å². The van der Waals surface area contributed by atoms with Crippen LogP contribution >= 0.6 is 0 Å². The van der Waals surface area contributed by atoms with E-state index in [0.717, 1.165) is 0 Å². The highest BCUT2D eigenvalue weighted by molar-refractivity contribution is 5.75. The summed E-state index contributed by atoms with van der Waals surface area (Å²) in [6.45, 7) is 0.795. The molecule has 1 fully saturated rings. The summed E-state index contributed by atoms with van der Waals surface area (Å²) in [7, 11) is 0. The second-order valence-corrected chi connectivity index (χ2v) is 3.92. The van der Waals surface area contributed by atoms with Gasteiger partial charge in [-0.05, 0) is 6.92 Å². The Kier molecular flexibility index (Phi) is 4.80. The topological polar surface area (TPSA) is 142 Å². The number of ether oxygens (including phenoxy) is 2. The van der Waals surface area contributed by atoms with Gasteiger partial charge in [0.05, 0.1) is 6.61 Å². The van der Waals surface area contributed by atoms with Crippen molar-refractivity contribution in [3.8, 4) is 0 Å². The van der Waals surface area contributed by atoms with Gasteiger partial charge in [0.2, 0.25) is 6.29 Å². The maximum absolute atomic E-state index is 11.2. The number of hydrogen-bond acceptors (Lipinski definition) is 8. The second kappa shape index (κ2) is 5.71. The Morgan fingerprint density at radius 3 is 2.41 bits per heavy atom. The molecule has 6 N–H and O–H groups in total. The molecular weight excluding hydrogens is 234 g/mol. The molecule has 8 heteroatoms. The highest BCUT2D eigenvalue weighted by Gasteiger charge is 2.45. The van der Waals surface area contributed by atoms with Crippen molar-refractivity contribution in [2.24, 2.45) is 5.73 Å². The van der Waals surface area contributed by atoms with Crippen molar-refractivity contribution in [1.29, 1.82) is 0 Å². The van der Waals surface area contributed by atoms with Crippen LogP contribution in [0, 0.1) is 0 Å². The van der Waals surface area contributed by atoms with Gasteiger partial charge in [-0.25, -0.2) is 0 Å². The molecule has 1 rings (SSSR count). The standard InChI is InChI=1S/C9H17NO7/c1-3(10)8(15)17-9-7(14)6(13)5(12)4(2-11)16-9/h3-7,9,11-14H,2,10H2,1H3/t3-,4+,5+,6-,7+,9-/m0/s1. The zero-order valence-corrected chi connectivity index (χ0v) is 9.26. The summed E-state index contributed by atoms with van der Waals surface area (Å²) in [5.74, 6) is -0.825. The Balaban J connectivity index is 2.69. The van der Waals surface area contributed by atoms with E-state index in [1.807, 2.05) is 0 Å². The number of carbonyl (C=O) groups is 1. The third kappa shape index (κ3) is 3.12. The first kappa shape index (κ1) is 14.3. The molecule has 1 aliphatic rings. The van der Waals surface area contributed by atoms with E-state index in [2.05, 4.69) is 0 Å². The molecule has 0 aliphatic carbocycles. The lowest BCUT2D eigenvalue weighted by Gasteiger charge is -2.39. The molecule has 0 amide bonds. The third-order valence-corrected chi connectivity index (χ3v) is 2.45. The number of hydrogen-bond donors (Lipinski definition) is 5. The molecule has 0 spiro atoms. The van der Waals surface area contributed by atoms with Crippen molar-refractivity contribution in [2.75, 3.05) is 6.61 Å². The van der Waals surface area contributed by atoms with E-state index in [9.17, 15) is 20.1 Å². The Labute approximate surface area is 97.6 Å². The average Bonchev–Trinajstić information content (AvgIpc) is 2.29. The van der Waals surface area contributed by atoms with E-state index in [-0.39, 0.29) is 0 Å². The van der Waals surface area contributed by atoms with Crippen LogP contribution in [0.2, 0.25) is 0 Å². The molecule has 17 heavy (non-hydrogen) atoms. The van der Waals surface area contributed by atoms with Crippen LogP contribution in [0.1, 0.15) is 6.92 Å². The number of carbonyl (C=O) groups excluding carboxylic acids is 1.